The molecule has 8 rings (SSSR count). The number of aromatic nitrogens is 2. The molecular weight excluding hydrogens is 956 g/mol. The van der Waals surface area contributed by atoms with E-state index in [1.807, 2.05) is 59.3 Å². The van der Waals surface area contributed by atoms with E-state index >= 15 is 0 Å². The molecule has 2 fully saturated rings. The summed E-state index contributed by atoms with van der Waals surface area (Å²) >= 11 is 15.4. The van der Waals surface area contributed by atoms with Crippen molar-refractivity contribution in [2.24, 2.45) is 0 Å². The van der Waals surface area contributed by atoms with Crippen LogP contribution in [0.3, 0.4) is 0 Å². The van der Waals surface area contributed by atoms with Crippen molar-refractivity contribution in [3.8, 4) is 34.0 Å². The van der Waals surface area contributed by atoms with Gasteiger partial charge in [0.05, 0.1) is 40.4 Å². The van der Waals surface area contributed by atoms with Crippen LogP contribution in [-0.4, -0.2) is 102 Å². The molecular formula is C48H56Cl2N6O6S4. The summed E-state index contributed by atoms with van der Waals surface area (Å²) in [7, 11) is -3.79. The van der Waals surface area contributed by atoms with Crippen LogP contribution in [0.15, 0.2) is 105 Å². The van der Waals surface area contributed by atoms with E-state index in [0.29, 0.717) is 77.9 Å². The number of hydrogen-bond acceptors (Lipinski definition) is 12. The van der Waals surface area contributed by atoms with E-state index < -0.39 is 20.0 Å². The number of ether oxygens (including phenoxy) is 2. The van der Waals surface area contributed by atoms with E-state index in [1.54, 1.807) is 70.6 Å². The molecule has 4 heterocycles. The minimum atomic E-state index is -3.52. The molecule has 2 aromatic heterocycles. The number of nitrogens with zero attached hydrogens (tertiary/aromatic N) is 6. The van der Waals surface area contributed by atoms with Crippen molar-refractivity contribution < 1.29 is 26.3 Å². The average molecular weight is 1010 g/mol. The van der Waals surface area contributed by atoms with Gasteiger partial charge in [-0.25, -0.2) is 26.8 Å². The van der Waals surface area contributed by atoms with Crippen LogP contribution in [0.2, 0.25) is 10.0 Å². The largest absolute Gasteiger partial charge is 0.497 e. The molecule has 12 nitrogen and oxygen atoms in total. The van der Waals surface area contributed by atoms with E-state index in [0.717, 1.165) is 49.7 Å². The smallest absolute Gasteiger partial charge is 0.243 e. The van der Waals surface area contributed by atoms with Crippen LogP contribution in [0.25, 0.3) is 22.5 Å². The van der Waals surface area contributed by atoms with E-state index in [1.165, 1.54) is 11.3 Å². The van der Waals surface area contributed by atoms with Crippen LogP contribution >= 0.6 is 45.9 Å². The zero-order valence-corrected chi connectivity index (χ0v) is 43.2. The Morgan fingerprint density at radius 2 is 0.970 bits per heavy atom. The molecule has 0 unspecified atom stereocenters. The van der Waals surface area contributed by atoms with Gasteiger partial charge in [-0.15, -0.1) is 22.7 Å². The quantitative estimate of drug-likeness (QED) is 0.131. The molecule has 18 heteroatoms. The minimum absolute atomic E-state index is 0.0171. The number of anilines is 2. The van der Waals surface area contributed by atoms with Crippen LogP contribution in [-0.2, 0) is 30.9 Å². The zero-order chi connectivity index (χ0) is 47.6. The summed E-state index contributed by atoms with van der Waals surface area (Å²) in [5, 5.41) is 6.84. The summed E-state index contributed by atoms with van der Waals surface area (Å²) in [6.07, 6.45) is 0. The van der Waals surface area contributed by atoms with Gasteiger partial charge in [-0.1, -0.05) is 89.0 Å². The Morgan fingerprint density at radius 3 is 1.36 bits per heavy atom. The van der Waals surface area contributed by atoms with Gasteiger partial charge in [0.15, 0.2) is 10.3 Å². The number of piperazine rings is 2. The van der Waals surface area contributed by atoms with Crippen LogP contribution in [0.4, 0.5) is 10.3 Å². The highest BCUT2D eigenvalue weighted by atomic mass is 35.5. The van der Waals surface area contributed by atoms with Crippen molar-refractivity contribution in [2.75, 3.05) is 76.4 Å². The molecule has 0 radical (unpaired) electrons. The van der Waals surface area contributed by atoms with Gasteiger partial charge in [0, 0.05) is 85.3 Å². The number of hydrogen-bond donors (Lipinski definition) is 0. The highest BCUT2D eigenvalue weighted by Gasteiger charge is 2.32. The molecule has 6 aromatic rings. The maximum atomic E-state index is 13.2. The molecule has 2 aliphatic rings. The summed E-state index contributed by atoms with van der Waals surface area (Å²) in [5.41, 5.74) is 5.54. The van der Waals surface area contributed by atoms with Gasteiger partial charge in [0.2, 0.25) is 20.0 Å². The first-order chi connectivity index (χ1) is 31.2. The third-order valence-corrected chi connectivity index (χ3v) is 17.8. The molecule has 2 aliphatic heterocycles. The topological polar surface area (TPSA) is 125 Å². The van der Waals surface area contributed by atoms with E-state index in [9.17, 15) is 16.8 Å². The normalized spacial score (nSPS) is 15.6. The van der Waals surface area contributed by atoms with E-state index in [4.69, 9.17) is 42.6 Å². The van der Waals surface area contributed by atoms with Crippen LogP contribution in [0.1, 0.15) is 52.7 Å². The Labute approximate surface area is 407 Å². The molecule has 4 aromatic carbocycles. The predicted octanol–water partition coefficient (Wildman–Crippen LogP) is 10.6. The fourth-order valence-corrected chi connectivity index (χ4v) is 12.7. The van der Waals surface area contributed by atoms with Crippen molar-refractivity contribution >= 4 is 76.2 Å². The first-order valence-corrected chi connectivity index (χ1v) is 26.9. The Kier molecular flexibility index (Phi) is 15.1. The lowest BCUT2D eigenvalue weighted by molar-refractivity contribution is 0.384. The third-order valence-electron chi connectivity index (χ3n) is 11.6. The van der Waals surface area contributed by atoms with Gasteiger partial charge in [-0.05, 0) is 76.6 Å². The number of methoxy groups -OCH3 is 2. The number of halogens is 2. The third kappa shape index (κ3) is 11.2. The lowest BCUT2D eigenvalue weighted by Gasteiger charge is -2.33. The van der Waals surface area contributed by atoms with Crippen molar-refractivity contribution in [2.45, 2.75) is 62.2 Å². The molecule has 352 valence electrons. The van der Waals surface area contributed by atoms with Crippen LogP contribution in [0, 0.1) is 0 Å². The molecule has 0 saturated carbocycles. The predicted molar refractivity (Wildman–Crippen MR) is 270 cm³/mol. The minimum Gasteiger partial charge on any atom is -0.497 e. The molecule has 0 bridgehead atoms. The monoisotopic (exact) mass is 1010 g/mol. The summed E-state index contributed by atoms with van der Waals surface area (Å²) in [6.45, 7) is 16.7. The maximum absolute atomic E-state index is 13.2. The Hall–Kier alpha value is -4.26. The second-order valence-electron chi connectivity index (χ2n) is 18.1. The van der Waals surface area contributed by atoms with Gasteiger partial charge < -0.3 is 19.3 Å². The molecule has 0 amide bonds. The van der Waals surface area contributed by atoms with Gasteiger partial charge in [-0.3, -0.25) is 0 Å². The SMILES string of the molecule is CC(C)(C)c1ccc(S(=O)(=O)N2CCN(c3nc(-c4ccc(Cl)cc4Cl)cs3)CC2)cc1.COc1ccc(-c2csc(N3CCN(S(=O)(=O)c4ccc(C(C)(C)C)cc4)CC3)n2)c(OC)c1. The molecule has 66 heavy (non-hydrogen) atoms. The molecule has 0 atom stereocenters. The van der Waals surface area contributed by atoms with E-state index in [2.05, 4.69) is 51.3 Å². The Morgan fingerprint density at radius 1 is 0.545 bits per heavy atom. The van der Waals surface area contributed by atoms with Gasteiger partial charge in [0.25, 0.3) is 0 Å². The van der Waals surface area contributed by atoms with Crippen molar-refractivity contribution in [1.29, 1.82) is 0 Å². The fraction of sp³-hybridized carbons (Fsp3) is 0.375. The van der Waals surface area contributed by atoms with Gasteiger partial charge in [0.1, 0.15) is 11.5 Å². The van der Waals surface area contributed by atoms with Crippen molar-refractivity contribution in [1.82, 2.24) is 18.6 Å². The van der Waals surface area contributed by atoms with Crippen LogP contribution < -0.4 is 19.3 Å². The zero-order valence-electron chi connectivity index (χ0n) is 38.4. The Balaban J connectivity index is 0.000000197. The van der Waals surface area contributed by atoms with Crippen LogP contribution in [0.5, 0.6) is 11.5 Å². The standard InChI is InChI=1S/C25H31N3O4S2.C23H25Cl2N3O2S2/c1-25(2,3)18-6-9-20(10-7-18)34(29,30)28-14-12-27(13-15-28)24-26-22(17-33-24)21-11-8-19(31-4)16-23(21)32-5;1-23(2,3)16-4-7-18(8-5-16)32(29,30)28-12-10-27(11-13-28)22-26-21(15-31-22)19-9-6-17(24)14-20(19)25/h6-11,16-17H,12-15H2,1-5H3;4-9,14-15H,10-13H2,1-3H3. The lowest BCUT2D eigenvalue weighted by atomic mass is 9.87. The van der Waals surface area contributed by atoms with Crippen molar-refractivity contribution in [3.05, 3.63) is 117 Å². The molecule has 0 aliphatic carbocycles. The summed E-state index contributed by atoms with van der Waals surface area (Å²) in [5.74, 6) is 1.42. The number of rotatable bonds is 10. The maximum Gasteiger partial charge on any atom is 0.243 e. The molecule has 2 saturated heterocycles. The lowest BCUT2D eigenvalue weighted by Crippen LogP contribution is -2.48. The fourth-order valence-electron chi connectivity index (χ4n) is 7.57. The summed E-state index contributed by atoms with van der Waals surface area (Å²) in [6, 6.07) is 25.5. The summed E-state index contributed by atoms with van der Waals surface area (Å²) in [4.78, 5) is 14.5. The highest BCUT2D eigenvalue weighted by Crippen LogP contribution is 2.37. The molecule has 0 spiro atoms. The highest BCUT2D eigenvalue weighted by molar-refractivity contribution is 7.89. The number of thiazole rings is 2. The Bertz CT molecular complexity index is 2840. The van der Waals surface area contributed by atoms with Gasteiger partial charge in [-0.2, -0.15) is 8.61 Å². The summed E-state index contributed by atoms with van der Waals surface area (Å²) < 4.78 is 66.5. The van der Waals surface area contributed by atoms with Gasteiger partial charge >= 0.3 is 0 Å². The number of sulfonamides is 2. The van der Waals surface area contributed by atoms with Crippen molar-refractivity contribution in [3.63, 3.8) is 0 Å². The van der Waals surface area contributed by atoms with E-state index in [-0.39, 0.29) is 10.8 Å². The average Bonchev–Trinajstić information content (AvgIpc) is 4.00. The first-order valence-electron chi connectivity index (χ1n) is 21.5. The second-order valence-corrected chi connectivity index (χ2v) is 24.4. The molecule has 0 N–H and O–H groups in total. The second kappa shape index (κ2) is 20.1. The number of benzene rings is 4. The first kappa shape index (κ1) is 49.6.